The van der Waals surface area contributed by atoms with Crippen LogP contribution >= 0.6 is 24.8 Å². The Morgan fingerprint density at radius 1 is 1.00 bits per heavy atom. The number of ether oxygens (including phenoxy) is 1. The summed E-state index contributed by atoms with van der Waals surface area (Å²) in [5.74, 6) is 0.812. The number of rotatable bonds is 7. The largest absolute Gasteiger partial charge is 0.488 e. The fraction of sp³-hybridized carbons (Fsp3) is 0.478. The van der Waals surface area contributed by atoms with Crippen LogP contribution in [0.4, 0.5) is 13.2 Å². The maximum Gasteiger partial charge on any atom is 0.389 e. The van der Waals surface area contributed by atoms with Crippen molar-refractivity contribution in [1.29, 1.82) is 0 Å². The average molecular weight is 479 g/mol. The van der Waals surface area contributed by atoms with Crippen molar-refractivity contribution in [3.05, 3.63) is 64.7 Å². The molecule has 1 saturated heterocycles. The lowest BCUT2D eigenvalue weighted by Crippen LogP contribution is -2.45. The minimum atomic E-state index is -4.14. The van der Waals surface area contributed by atoms with Crippen LogP contribution in [0.1, 0.15) is 41.1 Å². The van der Waals surface area contributed by atoms with E-state index in [4.69, 9.17) is 4.74 Å². The van der Waals surface area contributed by atoms with Gasteiger partial charge >= 0.3 is 6.18 Å². The predicted octanol–water partition coefficient (Wildman–Crippen LogP) is 6.01. The lowest BCUT2D eigenvalue weighted by Gasteiger charge is -2.36. The summed E-state index contributed by atoms with van der Waals surface area (Å²) in [5.41, 5.74) is 3.95. The highest BCUT2D eigenvalue weighted by Gasteiger charge is 2.31. The van der Waals surface area contributed by atoms with Gasteiger partial charge in [0.1, 0.15) is 12.4 Å². The molecule has 0 unspecified atom stereocenters. The minimum absolute atomic E-state index is 0. The van der Waals surface area contributed by atoms with Crippen molar-refractivity contribution in [1.82, 2.24) is 10.2 Å². The monoisotopic (exact) mass is 478 g/mol. The van der Waals surface area contributed by atoms with Crippen LogP contribution in [0.2, 0.25) is 0 Å². The molecular formula is C23H31Cl2F3N2O. The van der Waals surface area contributed by atoms with Crippen LogP contribution in [-0.2, 0) is 6.61 Å². The van der Waals surface area contributed by atoms with E-state index >= 15 is 0 Å². The molecule has 1 aliphatic heterocycles. The van der Waals surface area contributed by atoms with Crippen LogP contribution < -0.4 is 10.1 Å². The van der Waals surface area contributed by atoms with Crippen molar-refractivity contribution in [2.75, 3.05) is 26.2 Å². The van der Waals surface area contributed by atoms with Crippen LogP contribution in [-0.4, -0.2) is 37.3 Å². The first-order valence-corrected chi connectivity index (χ1v) is 10.1. The van der Waals surface area contributed by atoms with E-state index in [1.54, 1.807) is 0 Å². The molecule has 1 fully saturated rings. The molecular weight excluding hydrogens is 448 g/mol. The molecule has 0 aromatic heterocycles. The third-order valence-electron chi connectivity index (χ3n) is 5.39. The Morgan fingerprint density at radius 2 is 1.58 bits per heavy atom. The molecule has 1 atom stereocenters. The molecule has 3 nitrogen and oxygen atoms in total. The number of piperazine rings is 1. The summed E-state index contributed by atoms with van der Waals surface area (Å²) in [4.78, 5) is 2.17. The van der Waals surface area contributed by atoms with Crippen molar-refractivity contribution in [2.45, 2.75) is 45.5 Å². The molecule has 174 valence electrons. The van der Waals surface area contributed by atoms with Gasteiger partial charge in [-0.2, -0.15) is 13.2 Å². The van der Waals surface area contributed by atoms with E-state index in [2.05, 4.69) is 10.2 Å². The van der Waals surface area contributed by atoms with Gasteiger partial charge in [-0.3, -0.25) is 4.90 Å². The molecule has 2 aromatic carbocycles. The first kappa shape index (κ1) is 27.6. The average Bonchev–Trinajstić information content (AvgIpc) is 2.68. The molecule has 31 heavy (non-hydrogen) atoms. The molecule has 0 aliphatic carbocycles. The number of benzene rings is 2. The van der Waals surface area contributed by atoms with E-state index in [0.29, 0.717) is 6.61 Å². The van der Waals surface area contributed by atoms with E-state index in [-0.39, 0.29) is 37.3 Å². The molecule has 1 heterocycles. The van der Waals surface area contributed by atoms with Gasteiger partial charge in [0.25, 0.3) is 0 Å². The highest BCUT2D eigenvalue weighted by molar-refractivity contribution is 5.85. The summed E-state index contributed by atoms with van der Waals surface area (Å²) in [7, 11) is 0. The van der Waals surface area contributed by atoms with E-state index in [9.17, 15) is 13.2 Å². The third-order valence-corrected chi connectivity index (χ3v) is 5.39. The second kappa shape index (κ2) is 12.5. The third kappa shape index (κ3) is 8.19. The van der Waals surface area contributed by atoms with Gasteiger partial charge in [-0.25, -0.2) is 0 Å². The van der Waals surface area contributed by atoms with Crippen molar-refractivity contribution in [2.24, 2.45) is 0 Å². The first-order chi connectivity index (χ1) is 13.8. The standard InChI is InChI=1S/C23H29F3N2O.2ClH/c1-17-14-20(15-18(2)22(17)29-16-19-6-4-3-5-7-19)21(8-9-23(24,25)26)28-12-10-27-11-13-28;;/h3-7,14-15,21,27H,8-13,16H2,1-2H3;2*1H/t21-;;/m1../s1. The molecule has 1 N–H and O–H groups in total. The van der Waals surface area contributed by atoms with Crippen molar-refractivity contribution in [3.8, 4) is 5.75 Å². The highest BCUT2D eigenvalue weighted by atomic mass is 35.5. The molecule has 8 heteroatoms. The first-order valence-electron chi connectivity index (χ1n) is 10.1. The second-order valence-corrected chi connectivity index (χ2v) is 7.71. The fourth-order valence-electron chi connectivity index (χ4n) is 3.99. The summed E-state index contributed by atoms with van der Waals surface area (Å²) in [6, 6.07) is 13.7. The Morgan fingerprint density at radius 3 is 2.13 bits per heavy atom. The molecule has 2 aromatic rings. The van der Waals surface area contributed by atoms with E-state index in [0.717, 1.165) is 54.2 Å². The van der Waals surface area contributed by atoms with Gasteiger partial charge in [0.15, 0.2) is 0 Å². The zero-order valence-electron chi connectivity index (χ0n) is 17.9. The molecule has 0 amide bonds. The Balaban J connectivity index is 0.00000240. The van der Waals surface area contributed by atoms with Gasteiger partial charge in [0.2, 0.25) is 0 Å². The molecule has 3 rings (SSSR count). The van der Waals surface area contributed by atoms with Crippen LogP contribution in [0.15, 0.2) is 42.5 Å². The molecule has 0 radical (unpaired) electrons. The van der Waals surface area contributed by atoms with E-state index in [1.807, 2.05) is 56.3 Å². The molecule has 0 saturated carbocycles. The maximum absolute atomic E-state index is 12.9. The lowest BCUT2D eigenvalue weighted by molar-refractivity contribution is -0.138. The van der Waals surface area contributed by atoms with Gasteiger partial charge in [-0.05, 0) is 42.5 Å². The SMILES string of the molecule is Cc1cc([C@@H](CCC(F)(F)F)N2CCNCC2)cc(C)c1OCc1ccccc1.Cl.Cl. The number of halogens is 5. The quantitative estimate of drug-likeness (QED) is 0.526. The second-order valence-electron chi connectivity index (χ2n) is 7.71. The van der Waals surface area contributed by atoms with Crippen LogP contribution in [0.5, 0.6) is 5.75 Å². The summed E-state index contributed by atoms with van der Waals surface area (Å²) in [6.07, 6.45) is -4.84. The predicted molar refractivity (Wildman–Crippen MR) is 124 cm³/mol. The zero-order chi connectivity index (χ0) is 20.9. The molecule has 0 spiro atoms. The van der Waals surface area contributed by atoms with Gasteiger partial charge in [-0.1, -0.05) is 42.5 Å². The maximum atomic E-state index is 12.9. The van der Waals surface area contributed by atoms with Crippen LogP contribution in [0.3, 0.4) is 0 Å². The van der Waals surface area contributed by atoms with Gasteiger partial charge in [-0.15, -0.1) is 24.8 Å². The summed E-state index contributed by atoms with van der Waals surface area (Å²) in [5, 5.41) is 3.27. The fourth-order valence-corrected chi connectivity index (χ4v) is 3.99. The van der Waals surface area contributed by atoms with Gasteiger partial charge < -0.3 is 10.1 Å². The number of nitrogens with zero attached hydrogens (tertiary/aromatic N) is 1. The Labute approximate surface area is 195 Å². The minimum Gasteiger partial charge on any atom is -0.488 e. The van der Waals surface area contributed by atoms with Crippen molar-refractivity contribution in [3.63, 3.8) is 0 Å². The van der Waals surface area contributed by atoms with Gasteiger partial charge in [0, 0.05) is 38.6 Å². The normalized spacial score (nSPS) is 15.5. The topological polar surface area (TPSA) is 24.5 Å². The number of hydrogen-bond acceptors (Lipinski definition) is 3. The number of nitrogens with one attached hydrogen (secondary N) is 1. The summed E-state index contributed by atoms with van der Waals surface area (Å²) in [6.45, 7) is 7.53. The zero-order valence-corrected chi connectivity index (χ0v) is 19.5. The number of aryl methyl sites for hydroxylation is 2. The van der Waals surface area contributed by atoms with Crippen molar-refractivity contribution >= 4 is 24.8 Å². The van der Waals surface area contributed by atoms with E-state index in [1.165, 1.54) is 0 Å². The number of hydrogen-bond donors (Lipinski definition) is 1. The van der Waals surface area contributed by atoms with Crippen LogP contribution in [0, 0.1) is 13.8 Å². The highest BCUT2D eigenvalue weighted by Crippen LogP contribution is 2.35. The Bertz CT molecular complexity index is 774. The summed E-state index contributed by atoms with van der Waals surface area (Å²) < 4.78 is 44.8. The molecule has 1 aliphatic rings. The van der Waals surface area contributed by atoms with E-state index < -0.39 is 12.6 Å². The molecule has 0 bridgehead atoms. The number of alkyl halides is 3. The van der Waals surface area contributed by atoms with Gasteiger partial charge in [0.05, 0.1) is 0 Å². The summed E-state index contributed by atoms with van der Waals surface area (Å²) >= 11 is 0. The van der Waals surface area contributed by atoms with Crippen molar-refractivity contribution < 1.29 is 17.9 Å². The van der Waals surface area contributed by atoms with Crippen LogP contribution in [0.25, 0.3) is 0 Å². The lowest BCUT2D eigenvalue weighted by atomic mass is 9.95. The smallest absolute Gasteiger partial charge is 0.389 e. The Hall–Kier alpha value is -1.47. The Kier molecular flexibility index (Phi) is 11.1.